The van der Waals surface area contributed by atoms with E-state index in [1.165, 1.54) is 19.8 Å². The first-order valence-corrected chi connectivity index (χ1v) is 13.6. The van der Waals surface area contributed by atoms with Crippen molar-refractivity contribution in [3.63, 3.8) is 0 Å². The van der Waals surface area contributed by atoms with Gasteiger partial charge in [0.05, 0.1) is 44.1 Å². The van der Waals surface area contributed by atoms with Gasteiger partial charge in [-0.2, -0.15) is 0 Å². The molecule has 3 aliphatic rings. The Kier molecular flexibility index (Phi) is 10.8. The molecule has 0 unspecified atom stereocenters. The molecule has 1 saturated carbocycles. The summed E-state index contributed by atoms with van der Waals surface area (Å²) in [7, 11) is 0. The third-order valence-electron chi connectivity index (χ3n) is 6.69. The summed E-state index contributed by atoms with van der Waals surface area (Å²) >= 11 is 0. The number of carbonyl (C=O) groups is 3. The second kappa shape index (κ2) is 13.6. The second-order valence-corrected chi connectivity index (χ2v) is 11.2. The van der Waals surface area contributed by atoms with Crippen LogP contribution in [0.3, 0.4) is 0 Å². The molecule has 0 radical (unpaired) electrons. The highest BCUT2D eigenvalue weighted by Crippen LogP contribution is 2.29. The Hall–Kier alpha value is -2.17. The van der Waals surface area contributed by atoms with Gasteiger partial charge < -0.3 is 29.6 Å². The lowest BCUT2D eigenvalue weighted by Crippen LogP contribution is -2.64. The van der Waals surface area contributed by atoms with Crippen molar-refractivity contribution in [1.29, 1.82) is 0 Å². The fraction of sp³-hybridized carbons (Fsp3) is 0.815. The molecule has 1 aliphatic heterocycles. The van der Waals surface area contributed by atoms with Crippen LogP contribution in [-0.2, 0) is 28.5 Å². The van der Waals surface area contributed by atoms with E-state index >= 15 is 0 Å². The molecule has 0 aromatic rings. The minimum atomic E-state index is -0.679. The van der Waals surface area contributed by atoms with Gasteiger partial charge in [-0.1, -0.05) is 6.08 Å². The quantitative estimate of drug-likeness (QED) is 0.314. The Morgan fingerprint density at radius 3 is 2.51 bits per heavy atom. The minimum absolute atomic E-state index is 0.0230. The Bertz CT molecular complexity index is 821. The van der Waals surface area contributed by atoms with E-state index < -0.39 is 29.7 Å². The number of carbonyl (C=O) groups excluding carboxylic acids is 3. The summed E-state index contributed by atoms with van der Waals surface area (Å²) in [6.07, 6.45) is 5.92. The van der Waals surface area contributed by atoms with Crippen molar-refractivity contribution in [1.82, 2.24) is 15.5 Å². The Labute approximate surface area is 220 Å². The Balaban J connectivity index is 1.73. The number of hydrogen-bond donors (Lipinski definition) is 2. The van der Waals surface area contributed by atoms with E-state index in [1.807, 2.05) is 6.08 Å². The molecule has 0 spiro atoms. The van der Waals surface area contributed by atoms with Gasteiger partial charge in [0.15, 0.2) is 0 Å². The first kappa shape index (κ1) is 29.4. The van der Waals surface area contributed by atoms with Crippen molar-refractivity contribution in [3.05, 3.63) is 11.6 Å². The Morgan fingerprint density at radius 2 is 1.86 bits per heavy atom. The number of ether oxygens (including phenoxy) is 4. The van der Waals surface area contributed by atoms with E-state index in [2.05, 4.69) is 15.5 Å². The van der Waals surface area contributed by atoms with Crippen molar-refractivity contribution in [2.24, 2.45) is 5.92 Å². The van der Waals surface area contributed by atoms with Crippen LogP contribution in [-0.4, -0.2) is 92.2 Å². The van der Waals surface area contributed by atoms with E-state index in [0.29, 0.717) is 25.3 Å². The van der Waals surface area contributed by atoms with Crippen LogP contribution >= 0.6 is 0 Å². The topological polar surface area (TPSA) is 115 Å². The number of amides is 2. The number of nitrogens with zero attached hydrogens (tertiary/aromatic N) is 1. The lowest BCUT2D eigenvalue weighted by molar-refractivity contribution is -0.139. The molecule has 1 saturated heterocycles. The molecular weight excluding hydrogens is 478 g/mol. The molecule has 0 aromatic heterocycles. The third-order valence-corrected chi connectivity index (χ3v) is 6.69. The van der Waals surface area contributed by atoms with E-state index in [4.69, 9.17) is 18.9 Å². The van der Waals surface area contributed by atoms with Crippen LogP contribution in [0.1, 0.15) is 66.7 Å². The molecule has 2 amide bonds. The maximum absolute atomic E-state index is 12.8. The van der Waals surface area contributed by atoms with Gasteiger partial charge in [-0.05, 0) is 65.8 Å². The van der Waals surface area contributed by atoms with Gasteiger partial charge in [0, 0.05) is 32.1 Å². The highest BCUT2D eigenvalue weighted by Gasteiger charge is 2.41. The number of alkyl carbamates (subject to hydrolysis) is 1. The molecule has 10 heteroatoms. The summed E-state index contributed by atoms with van der Waals surface area (Å²) in [4.78, 5) is 39.9. The summed E-state index contributed by atoms with van der Waals surface area (Å²) in [6.45, 7) is 12.2. The zero-order chi connectivity index (χ0) is 27.0. The van der Waals surface area contributed by atoms with E-state index in [1.54, 1.807) is 27.7 Å². The number of nitrogens with one attached hydrogen (secondary N) is 2. The predicted molar refractivity (Wildman–Crippen MR) is 138 cm³/mol. The molecule has 1 heterocycles. The summed E-state index contributed by atoms with van der Waals surface area (Å²) in [5, 5.41) is 5.92. The van der Waals surface area contributed by atoms with Crippen LogP contribution in [0.5, 0.6) is 0 Å². The van der Waals surface area contributed by atoms with Crippen LogP contribution in [0.4, 0.5) is 4.79 Å². The van der Waals surface area contributed by atoms with Crippen LogP contribution < -0.4 is 10.6 Å². The SMILES string of the molecule is CCOC(=O)C1=C[C@@H](N2CCC[C@H](OCCOCC3CC3)C2)[C@H](NC(C)=O)[C@@H](NC(=O)OC(C)(C)C)C1. The second-order valence-electron chi connectivity index (χ2n) is 11.2. The maximum Gasteiger partial charge on any atom is 0.407 e. The molecule has 210 valence electrons. The van der Waals surface area contributed by atoms with E-state index in [-0.39, 0.29) is 31.1 Å². The van der Waals surface area contributed by atoms with E-state index in [0.717, 1.165) is 31.9 Å². The summed E-state index contributed by atoms with van der Waals surface area (Å²) < 4.78 is 22.6. The number of esters is 1. The predicted octanol–water partition coefficient (Wildman–Crippen LogP) is 2.55. The molecule has 2 N–H and O–H groups in total. The van der Waals surface area contributed by atoms with Gasteiger partial charge in [0.2, 0.25) is 5.91 Å². The molecule has 0 bridgehead atoms. The van der Waals surface area contributed by atoms with Gasteiger partial charge in [0.25, 0.3) is 0 Å². The first-order chi connectivity index (χ1) is 17.6. The van der Waals surface area contributed by atoms with Crippen LogP contribution in [0.2, 0.25) is 0 Å². The molecular formula is C27H45N3O7. The largest absolute Gasteiger partial charge is 0.463 e. The molecule has 0 aromatic carbocycles. The lowest BCUT2D eigenvalue weighted by Gasteiger charge is -2.45. The summed E-state index contributed by atoms with van der Waals surface area (Å²) in [6, 6.07) is -1.33. The normalized spacial score (nSPS) is 26.7. The first-order valence-electron chi connectivity index (χ1n) is 13.6. The molecule has 4 atom stereocenters. The number of piperidine rings is 1. The summed E-state index contributed by atoms with van der Waals surface area (Å²) in [5.74, 6) is 0.101. The minimum Gasteiger partial charge on any atom is -0.463 e. The smallest absolute Gasteiger partial charge is 0.407 e. The average molecular weight is 524 g/mol. The van der Waals surface area contributed by atoms with Crippen molar-refractivity contribution in [3.8, 4) is 0 Å². The fourth-order valence-electron chi connectivity index (χ4n) is 4.89. The monoisotopic (exact) mass is 523 g/mol. The van der Waals surface area contributed by atoms with Crippen molar-refractivity contribution >= 4 is 18.0 Å². The molecule has 3 rings (SSSR count). The highest BCUT2D eigenvalue weighted by atomic mass is 16.6. The number of likely N-dealkylation sites (tertiary alicyclic amines) is 1. The van der Waals surface area contributed by atoms with Gasteiger partial charge >= 0.3 is 12.1 Å². The maximum atomic E-state index is 12.8. The number of hydrogen-bond acceptors (Lipinski definition) is 8. The lowest BCUT2D eigenvalue weighted by atomic mass is 9.84. The van der Waals surface area contributed by atoms with Crippen LogP contribution in [0, 0.1) is 5.92 Å². The zero-order valence-corrected chi connectivity index (χ0v) is 23.0. The fourth-order valence-corrected chi connectivity index (χ4v) is 4.89. The molecule has 2 fully saturated rings. The molecule has 2 aliphatic carbocycles. The zero-order valence-electron chi connectivity index (χ0n) is 23.0. The van der Waals surface area contributed by atoms with Gasteiger partial charge in [0.1, 0.15) is 5.60 Å². The highest BCUT2D eigenvalue weighted by molar-refractivity contribution is 5.89. The van der Waals surface area contributed by atoms with Crippen LogP contribution in [0.25, 0.3) is 0 Å². The van der Waals surface area contributed by atoms with Gasteiger partial charge in [-0.25, -0.2) is 9.59 Å². The standard InChI is InChI=1S/C27H45N3O7/c1-6-35-25(32)20-14-22(29-26(33)37-27(3,4)5)24(28-18(2)31)23(15-20)30-11-7-8-21(16-30)36-13-12-34-17-19-9-10-19/h15,19,21-24H,6-14,16-17H2,1-5H3,(H,28,31)(H,29,33)/t21-,22-,23+,24+/m0/s1. The number of rotatable bonds is 11. The summed E-state index contributed by atoms with van der Waals surface area (Å²) in [5.41, 5.74) is -0.201. The average Bonchev–Trinajstić information content (AvgIpc) is 3.63. The van der Waals surface area contributed by atoms with E-state index in [9.17, 15) is 14.4 Å². The Morgan fingerprint density at radius 1 is 1.11 bits per heavy atom. The van der Waals surface area contributed by atoms with Crippen LogP contribution in [0.15, 0.2) is 11.6 Å². The van der Waals surface area contributed by atoms with Crippen molar-refractivity contribution in [2.75, 3.05) is 39.5 Å². The molecule has 10 nitrogen and oxygen atoms in total. The van der Waals surface area contributed by atoms with Gasteiger partial charge in [-0.3, -0.25) is 9.69 Å². The molecule has 37 heavy (non-hydrogen) atoms. The third kappa shape index (κ3) is 9.90. The van der Waals surface area contributed by atoms with Gasteiger partial charge in [-0.15, -0.1) is 0 Å². The van der Waals surface area contributed by atoms with Crippen molar-refractivity contribution < 1.29 is 33.3 Å². The van der Waals surface area contributed by atoms with Crippen molar-refractivity contribution in [2.45, 2.75) is 96.6 Å².